The van der Waals surface area contributed by atoms with Gasteiger partial charge in [0.1, 0.15) is 11.9 Å². The number of amides is 1. The summed E-state index contributed by atoms with van der Waals surface area (Å²) in [6.45, 7) is 4.45. The highest BCUT2D eigenvalue weighted by atomic mass is 16.2. The van der Waals surface area contributed by atoms with Crippen molar-refractivity contribution in [2.45, 2.75) is 32.9 Å². The predicted molar refractivity (Wildman–Crippen MR) is 88.9 cm³/mol. The first-order chi connectivity index (χ1) is 11.1. The van der Waals surface area contributed by atoms with Crippen molar-refractivity contribution in [1.29, 1.82) is 0 Å². The van der Waals surface area contributed by atoms with Gasteiger partial charge in [0.05, 0.1) is 11.0 Å². The molecule has 120 valence electrons. The molecular weight excluding hydrogens is 290 g/mol. The van der Waals surface area contributed by atoms with Gasteiger partial charge in [0.2, 0.25) is 5.91 Å². The molecule has 0 saturated heterocycles. The monoisotopic (exact) mass is 311 g/mol. The Balaban J connectivity index is 1.71. The Kier molecular flexibility index (Phi) is 4.14. The molecule has 1 N–H and O–H groups in total. The Morgan fingerprint density at radius 2 is 2.22 bits per heavy atom. The van der Waals surface area contributed by atoms with Crippen molar-refractivity contribution in [3.8, 4) is 0 Å². The van der Waals surface area contributed by atoms with Gasteiger partial charge < -0.3 is 9.88 Å². The third kappa shape index (κ3) is 2.97. The molecule has 23 heavy (non-hydrogen) atoms. The summed E-state index contributed by atoms with van der Waals surface area (Å²) < 4.78 is 3.75. The highest BCUT2D eigenvalue weighted by Gasteiger charge is 2.18. The number of hydrogen-bond acceptors (Lipinski definition) is 3. The quantitative estimate of drug-likeness (QED) is 0.786. The molecule has 3 aromatic rings. The van der Waals surface area contributed by atoms with Gasteiger partial charge in [0.25, 0.3) is 0 Å². The van der Waals surface area contributed by atoms with E-state index in [1.54, 1.807) is 10.9 Å². The zero-order chi connectivity index (χ0) is 16.4. The number of aryl methyl sites for hydroxylation is 2. The van der Waals surface area contributed by atoms with Crippen LogP contribution in [0.2, 0.25) is 0 Å². The van der Waals surface area contributed by atoms with Gasteiger partial charge in [-0.3, -0.25) is 9.48 Å². The van der Waals surface area contributed by atoms with Crippen molar-refractivity contribution < 1.29 is 4.79 Å². The van der Waals surface area contributed by atoms with E-state index < -0.39 is 0 Å². The van der Waals surface area contributed by atoms with Gasteiger partial charge in [-0.2, -0.15) is 5.10 Å². The molecule has 2 aromatic heterocycles. The number of rotatable bonds is 5. The zero-order valence-corrected chi connectivity index (χ0v) is 13.7. The lowest BCUT2D eigenvalue weighted by Crippen LogP contribution is -2.32. The molecule has 0 bridgehead atoms. The molecule has 1 atom stereocenters. The van der Waals surface area contributed by atoms with Crippen LogP contribution in [0, 0.1) is 6.92 Å². The molecular formula is C17H21N5O. The fourth-order valence-corrected chi connectivity index (χ4v) is 2.74. The second kappa shape index (κ2) is 6.24. The van der Waals surface area contributed by atoms with E-state index in [4.69, 9.17) is 0 Å². The summed E-state index contributed by atoms with van der Waals surface area (Å²) in [6.07, 6.45) is 4.20. The smallest absolute Gasteiger partial charge is 0.245 e. The molecule has 6 nitrogen and oxygen atoms in total. The van der Waals surface area contributed by atoms with Crippen LogP contribution in [0.3, 0.4) is 0 Å². The van der Waals surface area contributed by atoms with Crippen molar-refractivity contribution in [3.63, 3.8) is 0 Å². The molecule has 0 fully saturated rings. The maximum atomic E-state index is 12.4. The van der Waals surface area contributed by atoms with Gasteiger partial charge in [0, 0.05) is 26.0 Å². The molecule has 2 heterocycles. The predicted octanol–water partition coefficient (Wildman–Crippen LogP) is 2.35. The van der Waals surface area contributed by atoms with E-state index in [1.807, 2.05) is 51.4 Å². The van der Waals surface area contributed by atoms with Gasteiger partial charge in [0.15, 0.2) is 0 Å². The van der Waals surface area contributed by atoms with E-state index in [9.17, 15) is 4.79 Å². The first-order valence-corrected chi connectivity index (χ1v) is 7.79. The van der Waals surface area contributed by atoms with Crippen molar-refractivity contribution in [2.24, 2.45) is 7.05 Å². The number of carbonyl (C=O) groups is 1. The number of imidazole rings is 1. The van der Waals surface area contributed by atoms with Crippen molar-refractivity contribution in [3.05, 3.63) is 48.0 Å². The van der Waals surface area contributed by atoms with E-state index in [2.05, 4.69) is 20.0 Å². The van der Waals surface area contributed by atoms with Crippen LogP contribution >= 0.6 is 0 Å². The van der Waals surface area contributed by atoms with Crippen LogP contribution in [-0.4, -0.2) is 25.2 Å². The number of nitrogens with zero attached hydrogens (tertiary/aromatic N) is 4. The third-order valence-corrected chi connectivity index (χ3v) is 4.17. The zero-order valence-electron chi connectivity index (χ0n) is 13.7. The third-order valence-electron chi connectivity index (χ3n) is 4.17. The van der Waals surface area contributed by atoms with E-state index in [-0.39, 0.29) is 11.9 Å². The lowest BCUT2D eigenvalue weighted by Gasteiger charge is -2.15. The van der Waals surface area contributed by atoms with Crippen LogP contribution in [-0.2, 0) is 18.4 Å². The number of benzene rings is 1. The molecule has 3 rings (SSSR count). The Labute approximate surface area is 135 Å². The van der Waals surface area contributed by atoms with Crippen molar-refractivity contribution in [2.75, 3.05) is 0 Å². The number of hydrogen-bond donors (Lipinski definition) is 1. The number of aromatic nitrogens is 4. The Morgan fingerprint density at radius 1 is 1.39 bits per heavy atom. The van der Waals surface area contributed by atoms with Gasteiger partial charge in [-0.1, -0.05) is 13.0 Å². The summed E-state index contributed by atoms with van der Waals surface area (Å²) in [4.78, 5) is 16.9. The van der Waals surface area contributed by atoms with Crippen LogP contribution in [0.15, 0.2) is 36.7 Å². The fraction of sp³-hybridized carbons (Fsp3) is 0.353. The first-order valence-electron chi connectivity index (χ1n) is 7.79. The first kappa shape index (κ1) is 15.3. The standard InChI is InChI=1S/C17H21N5O/c1-4-15(22-9-5-8-19-22)17(23)18-11-13-6-7-16-14(10-13)20-12(2)21(16)3/h5-10,15H,4,11H2,1-3H3,(H,18,23)/t15-/m0/s1. The molecule has 0 unspecified atom stereocenters. The summed E-state index contributed by atoms with van der Waals surface area (Å²) in [5.41, 5.74) is 3.09. The largest absolute Gasteiger partial charge is 0.350 e. The number of carbonyl (C=O) groups excluding carboxylic acids is 1. The summed E-state index contributed by atoms with van der Waals surface area (Å²) in [7, 11) is 2.00. The van der Waals surface area contributed by atoms with Gasteiger partial charge >= 0.3 is 0 Å². The van der Waals surface area contributed by atoms with Crippen molar-refractivity contribution in [1.82, 2.24) is 24.6 Å². The average molecular weight is 311 g/mol. The Hall–Kier alpha value is -2.63. The van der Waals surface area contributed by atoms with E-state index in [1.165, 1.54) is 0 Å². The van der Waals surface area contributed by atoms with E-state index in [0.717, 1.165) is 22.4 Å². The maximum absolute atomic E-state index is 12.4. The van der Waals surface area contributed by atoms with Crippen LogP contribution in [0.4, 0.5) is 0 Å². The van der Waals surface area contributed by atoms with E-state index in [0.29, 0.717) is 13.0 Å². The maximum Gasteiger partial charge on any atom is 0.245 e. The van der Waals surface area contributed by atoms with Crippen LogP contribution in [0.1, 0.15) is 30.8 Å². The SMILES string of the molecule is CC[C@@H](C(=O)NCc1ccc2c(c1)nc(C)n2C)n1cccn1. The van der Waals surface area contributed by atoms with Crippen LogP contribution < -0.4 is 5.32 Å². The number of nitrogens with one attached hydrogen (secondary N) is 1. The van der Waals surface area contributed by atoms with Gasteiger partial charge in [-0.05, 0) is 37.1 Å². The highest BCUT2D eigenvalue weighted by Crippen LogP contribution is 2.17. The summed E-state index contributed by atoms with van der Waals surface area (Å²) in [5, 5.41) is 7.15. The van der Waals surface area contributed by atoms with Gasteiger partial charge in [-0.25, -0.2) is 4.98 Å². The molecule has 0 aliphatic rings. The molecule has 0 aliphatic carbocycles. The number of fused-ring (bicyclic) bond motifs is 1. The minimum Gasteiger partial charge on any atom is -0.350 e. The summed E-state index contributed by atoms with van der Waals surface area (Å²) in [5.74, 6) is 0.958. The molecule has 1 amide bonds. The fourth-order valence-electron chi connectivity index (χ4n) is 2.74. The minimum absolute atomic E-state index is 0.0199. The summed E-state index contributed by atoms with van der Waals surface area (Å²) >= 11 is 0. The second-order valence-corrected chi connectivity index (χ2v) is 5.67. The minimum atomic E-state index is -0.272. The van der Waals surface area contributed by atoms with Crippen LogP contribution in [0.5, 0.6) is 0 Å². The average Bonchev–Trinajstić information content (AvgIpc) is 3.15. The molecule has 0 saturated carbocycles. The topological polar surface area (TPSA) is 64.7 Å². The molecule has 0 radical (unpaired) electrons. The molecule has 6 heteroatoms. The van der Waals surface area contributed by atoms with Crippen molar-refractivity contribution >= 4 is 16.9 Å². The van der Waals surface area contributed by atoms with Gasteiger partial charge in [-0.15, -0.1) is 0 Å². The van der Waals surface area contributed by atoms with Crippen LogP contribution in [0.25, 0.3) is 11.0 Å². The lowest BCUT2D eigenvalue weighted by molar-refractivity contribution is -0.124. The lowest BCUT2D eigenvalue weighted by atomic mass is 10.1. The molecule has 0 aliphatic heterocycles. The molecule has 1 aromatic carbocycles. The van der Waals surface area contributed by atoms with E-state index >= 15 is 0 Å². The molecule has 0 spiro atoms. The second-order valence-electron chi connectivity index (χ2n) is 5.67. The normalized spacial score (nSPS) is 12.5. The summed E-state index contributed by atoms with van der Waals surface area (Å²) in [6, 6.07) is 7.65. The Bertz CT molecular complexity index is 819. The highest BCUT2D eigenvalue weighted by molar-refractivity contribution is 5.80. The Morgan fingerprint density at radius 3 is 2.91 bits per heavy atom.